The first-order chi connectivity index (χ1) is 13.7. The van der Waals surface area contributed by atoms with Crippen LogP contribution in [0.3, 0.4) is 0 Å². The number of nitrogens with one attached hydrogen (secondary N) is 1. The van der Waals surface area contributed by atoms with Crippen LogP contribution in [-0.2, 0) is 17.6 Å². The zero-order valence-corrected chi connectivity index (χ0v) is 16.0. The van der Waals surface area contributed by atoms with Gasteiger partial charge in [-0.25, -0.2) is 4.68 Å². The molecule has 1 amide bonds. The van der Waals surface area contributed by atoms with Gasteiger partial charge in [0.05, 0.1) is 18.8 Å². The van der Waals surface area contributed by atoms with Crippen LogP contribution in [-0.4, -0.2) is 43.9 Å². The van der Waals surface area contributed by atoms with Crippen molar-refractivity contribution in [3.63, 3.8) is 0 Å². The zero-order chi connectivity index (χ0) is 19.3. The molecule has 2 heterocycles. The topological polar surface area (TPSA) is 102 Å². The normalized spacial score (nSPS) is 21.8. The number of hydrogen-bond donors (Lipinski definition) is 2. The quantitative estimate of drug-likeness (QED) is 0.710. The molecule has 2 aliphatic rings. The molecule has 150 valence electrons. The van der Waals surface area contributed by atoms with E-state index in [0.717, 1.165) is 74.2 Å². The lowest BCUT2D eigenvalue weighted by atomic mass is 9.93. The predicted molar refractivity (Wildman–Crippen MR) is 103 cm³/mol. The number of carbonyl (C=O) groups is 1. The van der Waals surface area contributed by atoms with Crippen LogP contribution in [0.15, 0.2) is 18.2 Å². The molecule has 1 aliphatic heterocycles. The number of nitrogens with zero attached hydrogens (tertiary/aromatic N) is 4. The lowest BCUT2D eigenvalue weighted by Gasteiger charge is -2.25. The number of fused-ring (bicyclic) bond motifs is 1. The summed E-state index contributed by atoms with van der Waals surface area (Å²) < 4.78 is 7.83. The number of anilines is 1. The minimum Gasteiger partial charge on any atom is -0.494 e. The second-order valence-corrected chi connectivity index (χ2v) is 7.67. The summed E-state index contributed by atoms with van der Waals surface area (Å²) in [4.78, 5) is 11.4. The number of aromatic nitrogens is 4. The fourth-order valence-corrected chi connectivity index (χ4v) is 3.99. The van der Waals surface area contributed by atoms with E-state index in [1.165, 1.54) is 0 Å². The van der Waals surface area contributed by atoms with Gasteiger partial charge in [-0.05, 0) is 79.1 Å². The summed E-state index contributed by atoms with van der Waals surface area (Å²) in [5, 5.41) is 24.8. The van der Waals surface area contributed by atoms with E-state index in [-0.39, 0.29) is 12.0 Å². The van der Waals surface area contributed by atoms with Gasteiger partial charge in [-0.3, -0.25) is 4.79 Å². The van der Waals surface area contributed by atoms with Gasteiger partial charge in [0, 0.05) is 18.5 Å². The monoisotopic (exact) mass is 385 g/mol. The summed E-state index contributed by atoms with van der Waals surface area (Å²) in [6.45, 7) is 0.641. The Morgan fingerprint density at radius 1 is 1.18 bits per heavy atom. The van der Waals surface area contributed by atoms with Crippen LogP contribution >= 0.6 is 0 Å². The number of ether oxygens (including phenoxy) is 1. The third-order valence-electron chi connectivity index (χ3n) is 5.61. The van der Waals surface area contributed by atoms with E-state index < -0.39 is 0 Å². The maximum atomic E-state index is 11.4. The minimum atomic E-state index is -0.173. The molecule has 0 atom stereocenters. The molecule has 1 fully saturated rings. The first-order valence-corrected chi connectivity index (χ1v) is 10.2. The van der Waals surface area contributed by atoms with Crippen molar-refractivity contribution in [1.29, 1.82) is 0 Å². The summed E-state index contributed by atoms with van der Waals surface area (Å²) in [7, 11) is 0. The molecule has 1 aromatic carbocycles. The number of amides is 1. The van der Waals surface area contributed by atoms with Gasteiger partial charge >= 0.3 is 0 Å². The number of aliphatic hydroxyl groups is 1. The molecule has 4 rings (SSSR count). The van der Waals surface area contributed by atoms with Crippen LogP contribution < -0.4 is 10.1 Å². The van der Waals surface area contributed by atoms with Gasteiger partial charge in [0.1, 0.15) is 5.75 Å². The Kier molecular flexibility index (Phi) is 5.85. The van der Waals surface area contributed by atoms with Gasteiger partial charge in [0.25, 0.3) is 0 Å². The molecule has 0 bridgehead atoms. The van der Waals surface area contributed by atoms with E-state index in [1.54, 1.807) is 0 Å². The fourth-order valence-electron chi connectivity index (χ4n) is 3.99. The van der Waals surface area contributed by atoms with E-state index in [1.807, 2.05) is 22.9 Å². The van der Waals surface area contributed by atoms with Crippen molar-refractivity contribution in [2.24, 2.45) is 0 Å². The van der Waals surface area contributed by atoms with E-state index in [2.05, 4.69) is 20.8 Å². The minimum absolute atomic E-state index is 0.0768. The first-order valence-electron chi connectivity index (χ1n) is 10.2. The largest absolute Gasteiger partial charge is 0.494 e. The smallest absolute Gasteiger partial charge is 0.224 e. The Bertz CT molecular complexity index is 814. The average Bonchev–Trinajstić information content (AvgIpc) is 3.17. The molecule has 0 unspecified atom stereocenters. The molecule has 2 aromatic rings. The third kappa shape index (κ3) is 4.49. The number of unbranched alkanes of at least 4 members (excludes halogenated alkanes) is 1. The highest BCUT2D eigenvalue weighted by Crippen LogP contribution is 2.29. The van der Waals surface area contributed by atoms with Crippen LogP contribution in [0.5, 0.6) is 5.75 Å². The molecule has 8 nitrogen and oxygen atoms in total. The maximum Gasteiger partial charge on any atom is 0.224 e. The van der Waals surface area contributed by atoms with Gasteiger partial charge in [-0.15, -0.1) is 5.10 Å². The molecular formula is C20H27N5O3. The SMILES string of the molecule is O=C1CCc2cc(OCCCCc3nnnn3[C@H]3CC[C@@H](O)CC3)ccc2N1. The van der Waals surface area contributed by atoms with Crippen molar-refractivity contribution < 1.29 is 14.6 Å². The fraction of sp³-hybridized carbons (Fsp3) is 0.600. The van der Waals surface area contributed by atoms with E-state index >= 15 is 0 Å². The maximum absolute atomic E-state index is 11.4. The summed E-state index contributed by atoms with van der Waals surface area (Å²) in [6, 6.07) is 6.15. The van der Waals surface area contributed by atoms with Crippen LogP contribution in [0.25, 0.3) is 0 Å². The highest BCUT2D eigenvalue weighted by Gasteiger charge is 2.23. The van der Waals surface area contributed by atoms with Crippen molar-refractivity contribution in [3.05, 3.63) is 29.6 Å². The number of carbonyl (C=O) groups excluding carboxylic acids is 1. The predicted octanol–water partition coefficient (Wildman–Crippen LogP) is 2.44. The number of benzene rings is 1. The van der Waals surface area contributed by atoms with Crippen molar-refractivity contribution in [2.75, 3.05) is 11.9 Å². The van der Waals surface area contributed by atoms with Crippen LogP contribution in [0.2, 0.25) is 0 Å². The molecular weight excluding hydrogens is 358 g/mol. The second kappa shape index (κ2) is 8.68. The first kappa shape index (κ1) is 18.9. The van der Waals surface area contributed by atoms with Crippen molar-refractivity contribution >= 4 is 11.6 Å². The van der Waals surface area contributed by atoms with Crippen LogP contribution in [0.4, 0.5) is 5.69 Å². The average molecular weight is 385 g/mol. The molecule has 8 heteroatoms. The molecule has 2 N–H and O–H groups in total. The zero-order valence-electron chi connectivity index (χ0n) is 16.0. The number of hydrogen-bond acceptors (Lipinski definition) is 6. The summed E-state index contributed by atoms with van der Waals surface area (Å²) >= 11 is 0. The Balaban J connectivity index is 1.22. The molecule has 0 spiro atoms. The highest BCUT2D eigenvalue weighted by atomic mass is 16.5. The van der Waals surface area contributed by atoms with Gasteiger partial charge in [0.15, 0.2) is 5.82 Å². The van der Waals surface area contributed by atoms with E-state index in [0.29, 0.717) is 19.1 Å². The third-order valence-corrected chi connectivity index (χ3v) is 5.61. The number of aliphatic hydroxyl groups excluding tert-OH is 1. The molecule has 28 heavy (non-hydrogen) atoms. The van der Waals surface area contributed by atoms with Crippen molar-refractivity contribution in [2.45, 2.75) is 69.9 Å². The Hall–Kier alpha value is -2.48. The lowest BCUT2D eigenvalue weighted by Crippen LogP contribution is -2.23. The van der Waals surface area contributed by atoms with Crippen LogP contribution in [0.1, 0.15) is 62.4 Å². The van der Waals surface area contributed by atoms with Gasteiger partial charge < -0.3 is 15.2 Å². The van der Waals surface area contributed by atoms with Crippen molar-refractivity contribution in [1.82, 2.24) is 20.2 Å². The van der Waals surface area contributed by atoms with Gasteiger partial charge in [-0.1, -0.05) is 0 Å². The van der Waals surface area contributed by atoms with Gasteiger partial charge in [-0.2, -0.15) is 0 Å². The second-order valence-electron chi connectivity index (χ2n) is 7.67. The highest BCUT2D eigenvalue weighted by molar-refractivity contribution is 5.93. The Morgan fingerprint density at radius 2 is 2.04 bits per heavy atom. The number of tetrazole rings is 1. The number of aryl methyl sites for hydroxylation is 2. The Labute approximate surface area is 164 Å². The van der Waals surface area contributed by atoms with Gasteiger partial charge in [0.2, 0.25) is 5.91 Å². The standard InChI is InChI=1S/C20H27N5O3/c26-16-7-5-15(6-8-16)25-19(22-23-24-25)3-1-2-12-28-17-9-10-18-14(13-17)4-11-20(27)21-18/h9-10,13,15-16,26H,1-8,11-12H2,(H,21,27)/t15-,16+. The van der Waals surface area contributed by atoms with E-state index in [9.17, 15) is 9.90 Å². The lowest BCUT2D eigenvalue weighted by molar-refractivity contribution is -0.116. The summed E-state index contributed by atoms with van der Waals surface area (Å²) in [5.41, 5.74) is 2.03. The van der Waals surface area contributed by atoms with Crippen LogP contribution in [0, 0.1) is 0 Å². The molecule has 0 radical (unpaired) electrons. The number of rotatable bonds is 7. The van der Waals surface area contributed by atoms with Crippen molar-refractivity contribution in [3.8, 4) is 5.75 Å². The molecule has 1 aromatic heterocycles. The summed E-state index contributed by atoms with van der Waals surface area (Å²) in [5.74, 6) is 1.85. The molecule has 1 saturated carbocycles. The molecule has 1 aliphatic carbocycles. The van der Waals surface area contributed by atoms with E-state index in [4.69, 9.17) is 4.74 Å². The molecule has 0 saturated heterocycles. The summed E-state index contributed by atoms with van der Waals surface area (Å²) in [6.07, 6.45) is 7.33. The Morgan fingerprint density at radius 3 is 2.89 bits per heavy atom.